The van der Waals surface area contributed by atoms with E-state index >= 15 is 0 Å². The van der Waals surface area contributed by atoms with Crippen LogP contribution in [0, 0.1) is 0 Å². The fourth-order valence-corrected chi connectivity index (χ4v) is 5.13. The van der Waals surface area contributed by atoms with Crippen LogP contribution in [0.5, 0.6) is 5.75 Å². The minimum Gasteiger partial charge on any atom is -0.497 e. The molecule has 0 bridgehead atoms. The number of benzene rings is 3. The maximum atomic E-state index is 13.1. The molecule has 202 valence electrons. The number of carbonyl (C=O) groups excluding carboxylic acids is 1. The summed E-state index contributed by atoms with van der Waals surface area (Å²) in [6, 6.07) is 26.6. The van der Waals surface area contributed by atoms with E-state index in [0.717, 1.165) is 28.2 Å². The van der Waals surface area contributed by atoms with Gasteiger partial charge in [0.05, 0.1) is 20.3 Å². The molecule has 1 heterocycles. The van der Waals surface area contributed by atoms with E-state index in [1.165, 1.54) is 11.8 Å². The summed E-state index contributed by atoms with van der Waals surface area (Å²) in [4.78, 5) is 13.1. The Labute approximate surface area is 228 Å². The predicted octanol–water partition coefficient (Wildman–Crippen LogP) is 4.75. The SMILES string of the molecule is CCS[C@@H]1O[C@H](C(=O)OCc2ccccc2)[C@@H](O)[C@H](OCc2ccccc2)[C@H]1OCc1ccc(OC)cc1. The van der Waals surface area contributed by atoms with Gasteiger partial charge in [-0.2, -0.15) is 0 Å². The molecular formula is C30H34O7S. The molecule has 4 rings (SSSR count). The van der Waals surface area contributed by atoms with Crippen molar-refractivity contribution in [1.82, 2.24) is 0 Å². The van der Waals surface area contributed by atoms with Crippen molar-refractivity contribution in [1.29, 1.82) is 0 Å². The summed E-state index contributed by atoms with van der Waals surface area (Å²) in [5.41, 5.74) is 2.19. The average Bonchev–Trinajstić information content (AvgIpc) is 2.96. The van der Waals surface area contributed by atoms with Crippen molar-refractivity contribution < 1.29 is 33.6 Å². The zero-order valence-electron chi connectivity index (χ0n) is 21.6. The summed E-state index contributed by atoms with van der Waals surface area (Å²) in [6.45, 7) is 2.62. The molecular weight excluding hydrogens is 504 g/mol. The highest BCUT2D eigenvalue weighted by Gasteiger charge is 2.50. The number of aliphatic hydroxyl groups is 1. The molecule has 7 nitrogen and oxygen atoms in total. The first-order chi connectivity index (χ1) is 18.6. The van der Waals surface area contributed by atoms with E-state index in [2.05, 4.69) is 0 Å². The van der Waals surface area contributed by atoms with Gasteiger partial charge in [0.15, 0.2) is 6.10 Å². The first kappa shape index (κ1) is 28.1. The first-order valence-corrected chi connectivity index (χ1v) is 13.7. The standard InChI is InChI=1S/C30H34O7S/c1-3-38-30-28(35-19-23-14-16-24(33-2)17-15-23)26(34-18-21-10-6-4-7-11-21)25(31)27(37-30)29(32)36-20-22-12-8-5-9-13-22/h4-17,25-28,30-31H,3,18-20H2,1-2H3/t25-,26-,27-,28+,30-/m0/s1. The van der Waals surface area contributed by atoms with Crippen LogP contribution < -0.4 is 4.74 Å². The molecule has 0 amide bonds. The quantitative estimate of drug-likeness (QED) is 0.331. The molecule has 0 aliphatic carbocycles. The third kappa shape index (κ3) is 7.58. The highest BCUT2D eigenvalue weighted by Crippen LogP contribution is 2.34. The zero-order chi connectivity index (χ0) is 26.7. The molecule has 1 aliphatic rings. The Kier molecular flexibility index (Phi) is 10.6. The zero-order valence-corrected chi connectivity index (χ0v) is 22.4. The fraction of sp³-hybridized carbons (Fsp3) is 0.367. The lowest BCUT2D eigenvalue weighted by molar-refractivity contribution is -0.237. The van der Waals surface area contributed by atoms with Crippen LogP contribution in [0.4, 0.5) is 0 Å². The van der Waals surface area contributed by atoms with Crippen molar-refractivity contribution in [2.24, 2.45) is 0 Å². The highest BCUT2D eigenvalue weighted by molar-refractivity contribution is 7.99. The molecule has 0 unspecified atom stereocenters. The van der Waals surface area contributed by atoms with Gasteiger partial charge in [0, 0.05) is 0 Å². The van der Waals surface area contributed by atoms with Crippen molar-refractivity contribution >= 4 is 17.7 Å². The predicted molar refractivity (Wildman–Crippen MR) is 146 cm³/mol. The number of carbonyl (C=O) groups is 1. The van der Waals surface area contributed by atoms with E-state index in [1.54, 1.807) is 7.11 Å². The largest absolute Gasteiger partial charge is 0.497 e. The number of esters is 1. The topological polar surface area (TPSA) is 83.5 Å². The van der Waals surface area contributed by atoms with Crippen LogP contribution in [0.2, 0.25) is 0 Å². The van der Waals surface area contributed by atoms with Gasteiger partial charge < -0.3 is 28.8 Å². The van der Waals surface area contributed by atoms with Crippen molar-refractivity contribution in [3.63, 3.8) is 0 Å². The maximum Gasteiger partial charge on any atom is 0.338 e. The summed E-state index contributed by atoms with van der Waals surface area (Å²) >= 11 is 1.50. The Balaban J connectivity index is 1.51. The van der Waals surface area contributed by atoms with Crippen LogP contribution >= 0.6 is 11.8 Å². The molecule has 3 aromatic carbocycles. The van der Waals surface area contributed by atoms with Gasteiger partial charge in [-0.25, -0.2) is 4.79 Å². The third-order valence-electron chi connectivity index (χ3n) is 6.19. The van der Waals surface area contributed by atoms with Gasteiger partial charge in [-0.15, -0.1) is 11.8 Å². The van der Waals surface area contributed by atoms with Gasteiger partial charge in [0.2, 0.25) is 0 Å². The Hall–Kier alpha value is -2.88. The molecule has 38 heavy (non-hydrogen) atoms. The van der Waals surface area contributed by atoms with Crippen LogP contribution in [0.3, 0.4) is 0 Å². The van der Waals surface area contributed by atoms with Gasteiger partial charge in [0.25, 0.3) is 0 Å². The van der Waals surface area contributed by atoms with Gasteiger partial charge >= 0.3 is 5.97 Å². The van der Waals surface area contributed by atoms with Crippen LogP contribution in [-0.4, -0.2) is 53.8 Å². The van der Waals surface area contributed by atoms with E-state index < -0.39 is 35.8 Å². The highest BCUT2D eigenvalue weighted by atomic mass is 32.2. The lowest BCUT2D eigenvalue weighted by atomic mass is 9.99. The van der Waals surface area contributed by atoms with Crippen LogP contribution in [0.1, 0.15) is 23.6 Å². The van der Waals surface area contributed by atoms with Gasteiger partial charge in [0.1, 0.15) is 36.1 Å². The molecule has 0 radical (unpaired) electrons. The molecule has 1 fully saturated rings. The second-order valence-corrected chi connectivity index (χ2v) is 10.2. The molecule has 0 aromatic heterocycles. The van der Waals surface area contributed by atoms with Gasteiger partial charge in [-0.1, -0.05) is 79.7 Å². The lowest BCUT2D eigenvalue weighted by Gasteiger charge is -2.43. The lowest BCUT2D eigenvalue weighted by Crippen LogP contribution is -2.60. The first-order valence-electron chi connectivity index (χ1n) is 12.6. The molecule has 3 aromatic rings. The smallest absolute Gasteiger partial charge is 0.338 e. The van der Waals surface area contributed by atoms with E-state index in [-0.39, 0.29) is 19.8 Å². The summed E-state index contributed by atoms with van der Waals surface area (Å²) in [6.07, 6.45) is -3.93. The van der Waals surface area contributed by atoms with E-state index in [0.29, 0.717) is 0 Å². The summed E-state index contributed by atoms with van der Waals surface area (Å²) < 4.78 is 29.4. The molecule has 1 aliphatic heterocycles. The van der Waals surface area contributed by atoms with Crippen LogP contribution in [0.25, 0.3) is 0 Å². The Morgan fingerprint density at radius 2 is 1.37 bits per heavy atom. The molecule has 1 saturated heterocycles. The number of hydrogen-bond acceptors (Lipinski definition) is 8. The summed E-state index contributed by atoms with van der Waals surface area (Å²) in [5, 5.41) is 11.3. The monoisotopic (exact) mass is 538 g/mol. The average molecular weight is 539 g/mol. The fourth-order valence-electron chi connectivity index (χ4n) is 4.18. The Bertz CT molecular complexity index is 1110. The minimum atomic E-state index is -1.28. The van der Waals surface area contributed by atoms with Crippen molar-refractivity contribution in [2.75, 3.05) is 12.9 Å². The Morgan fingerprint density at radius 1 is 0.816 bits per heavy atom. The molecule has 5 atom stereocenters. The summed E-state index contributed by atoms with van der Waals surface area (Å²) in [5.74, 6) is 0.843. The van der Waals surface area contributed by atoms with Crippen molar-refractivity contribution in [2.45, 2.75) is 56.6 Å². The second-order valence-electron chi connectivity index (χ2n) is 8.85. The molecule has 0 spiro atoms. The second kappa shape index (κ2) is 14.3. The summed E-state index contributed by atoms with van der Waals surface area (Å²) in [7, 11) is 1.62. The minimum absolute atomic E-state index is 0.0881. The number of aliphatic hydroxyl groups excluding tert-OH is 1. The van der Waals surface area contributed by atoms with Gasteiger partial charge in [-0.3, -0.25) is 0 Å². The van der Waals surface area contributed by atoms with E-state index in [9.17, 15) is 9.90 Å². The number of methoxy groups -OCH3 is 1. The van der Waals surface area contributed by atoms with Crippen molar-refractivity contribution in [3.05, 3.63) is 102 Å². The molecule has 8 heteroatoms. The van der Waals surface area contributed by atoms with Gasteiger partial charge in [-0.05, 0) is 34.6 Å². The Morgan fingerprint density at radius 3 is 1.95 bits per heavy atom. The van der Waals surface area contributed by atoms with Crippen molar-refractivity contribution in [3.8, 4) is 5.75 Å². The molecule has 1 N–H and O–H groups in total. The number of hydrogen-bond donors (Lipinski definition) is 1. The number of ether oxygens (including phenoxy) is 5. The maximum absolute atomic E-state index is 13.1. The molecule has 0 saturated carbocycles. The number of thioether (sulfide) groups is 1. The van der Waals surface area contributed by atoms with E-state index in [4.69, 9.17) is 23.7 Å². The van der Waals surface area contributed by atoms with Crippen LogP contribution in [-0.2, 0) is 43.6 Å². The van der Waals surface area contributed by atoms with E-state index in [1.807, 2.05) is 91.9 Å². The third-order valence-corrected chi connectivity index (χ3v) is 7.23. The van der Waals surface area contributed by atoms with Crippen LogP contribution in [0.15, 0.2) is 84.9 Å². The normalized spacial score (nSPS) is 23.1. The number of rotatable bonds is 12.